The molecule has 6 heteroatoms. The van der Waals surface area contributed by atoms with E-state index in [0.717, 1.165) is 17.2 Å². The van der Waals surface area contributed by atoms with E-state index in [-0.39, 0.29) is 22.4 Å². The van der Waals surface area contributed by atoms with Gasteiger partial charge in [-0.05, 0) is 43.2 Å². The Morgan fingerprint density at radius 3 is 2.54 bits per heavy atom. The van der Waals surface area contributed by atoms with Crippen molar-refractivity contribution < 1.29 is 18.7 Å². The van der Waals surface area contributed by atoms with Gasteiger partial charge in [0.2, 0.25) is 0 Å². The zero-order valence-electron chi connectivity index (χ0n) is 14.6. The lowest BCUT2D eigenvalue weighted by atomic mass is 10.1. The number of anilines is 1. The Balaban J connectivity index is 2.02. The van der Waals surface area contributed by atoms with Gasteiger partial charge in [0.1, 0.15) is 5.58 Å². The Hall–Kier alpha value is -3.41. The quantitative estimate of drug-likeness (QED) is 0.731. The van der Waals surface area contributed by atoms with Crippen LogP contribution in [0.3, 0.4) is 0 Å². The summed E-state index contributed by atoms with van der Waals surface area (Å²) in [7, 11) is 1.26. The topological polar surface area (TPSA) is 85.6 Å². The molecule has 0 bridgehead atoms. The minimum absolute atomic E-state index is 0.130. The van der Waals surface area contributed by atoms with Gasteiger partial charge in [-0.15, -0.1) is 0 Å². The number of fused-ring (bicyclic) bond motifs is 1. The van der Waals surface area contributed by atoms with Gasteiger partial charge in [0, 0.05) is 6.07 Å². The Kier molecular flexibility index (Phi) is 4.58. The van der Waals surface area contributed by atoms with Gasteiger partial charge in [-0.25, -0.2) is 4.79 Å². The van der Waals surface area contributed by atoms with Crippen molar-refractivity contribution in [2.45, 2.75) is 13.8 Å². The molecule has 3 aromatic rings. The minimum atomic E-state index is -0.625. The number of carbonyl (C=O) groups is 2. The average Bonchev–Trinajstić information content (AvgIpc) is 2.62. The van der Waals surface area contributed by atoms with Crippen molar-refractivity contribution in [3.05, 3.63) is 75.1 Å². The van der Waals surface area contributed by atoms with Gasteiger partial charge in [-0.2, -0.15) is 0 Å². The van der Waals surface area contributed by atoms with Crippen molar-refractivity contribution in [3.63, 3.8) is 0 Å². The van der Waals surface area contributed by atoms with Crippen LogP contribution in [0.5, 0.6) is 0 Å². The summed E-state index contributed by atoms with van der Waals surface area (Å²) >= 11 is 0. The lowest BCUT2D eigenvalue weighted by Gasteiger charge is -2.10. The zero-order valence-corrected chi connectivity index (χ0v) is 14.6. The molecule has 0 saturated carbocycles. The molecule has 1 N–H and O–H groups in total. The van der Waals surface area contributed by atoms with E-state index < -0.39 is 11.9 Å². The fourth-order valence-electron chi connectivity index (χ4n) is 2.78. The van der Waals surface area contributed by atoms with Gasteiger partial charge in [-0.3, -0.25) is 9.59 Å². The third-order valence-corrected chi connectivity index (χ3v) is 3.96. The number of hydrogen-bond donors (Lipinski definition) is 1. The first-order chi connectivity index (χ1) is 12.4. The van der Waals surface area contributed by atoms with Gasteiger partial charge in [0.15, 0.2) is 11.2 Å². The second kappa shape index (κ2) is 6.84. The highest BCUT2D eigenvalue weighted by Crippen LogP contribution is 2.21. The molecule has 1 aromatic heterocycles. The Labute approximate surface area is 149 Å². The molecule has 0 atom stereocenters. The maximum Gasteiger partial charge on any atom is 0.339 e. The van der Waals surface area contributed by atoms with Crippen LogP contribution in [0, 0.1) is 13.8 Å². The number of benzene rings is 2. The van der Waals surface area contributed by atoms with Crippen molar-refractivity contribution in [1.82, 2.24) is 0 Å². The summed E-state index contributed by atoms with van der Waals surface area (Å²) < 4.78 is 10.4. The number of para-hydroxylation sites is 1. The summed E-state index contributed by atoms with van der Waals surface area (Å²) in [5.41, 5.74) is 2.25. The summed E-state index contributed by atoms with van der Waals surface area (Å²) in [5, 5.41) is 3.02. The van der Waals surface area contributed by atoms with Gasteiger partial charge < -0.3 is 14.5 Å². The molecule has 26 heavy (non-hydrogen) atoms. The summed E-state index contributed by atoms with van der Waals surface area (Å²) in [6.45, 7) is 3.70. The van der Waals surface area contributed by atoms with Gasteiger partial charge in [0.05, 0.1) is 23.7 Å². The number of aryl methyl sites for hydroxylation is 2. The highest BCUT2D eigenvalue weighted by Gasteiger charge is 2.17. The predicted octanol–water partition coefficient (Wildman–Crippen LogP) is 3.45. The van der Waals surface area contributed by atoms with Crippen molar-refractivity contribution in [2.24, 2.45) is 0 Å². The first kappa shape index (κ1) is 17.4. The maximum absolute atomic E-state index is 12.6. The fraction of sp³-hybridized carbons (Fsp3) is 0.150. The standard InChI is InChI=1S/C20H17NO5/c1-11-8-12(2)18-14(9-11)16(22)10-17(26-18)19(23)21-15-7-5-4-6-13(15)20(24)25-3/h4-10H,1-3H3,(H,21,23). The van der Waals surface area contributed by atoms with Crippen LogP contribution in [0.4, 0.5) is 5.69 Å². The van der Waals surface area contributed by atoms with Gasteiger partial charge >= 0.3 is 5.97 Å². The first-order valence-corrected chi connectivity index (χ1v) is 7.94. The number of rotatable bonds is 3. The van der Waals surface area contributed by atoms with Crippen LogP contribution in [-0.2, 0) is 4.74 Å². The van der Waals surface area contributed by atoms with E-state index in [0.29, 0.717) is 11.0 Å². The molecular formula is C20H17NO5. The molecule has 1 heterocycles. The molecule has 3 rings (SSSR count). The third kappa shape index (κ3) is 3.21. The van der Waals surface area contributed by atoms with Crippen molar-refractivity contribution in [3.8, 4) is 0 Å². The normalized spacial score (nSPS) is 10.6. The molecule has 6 nitrogen and oxygen atoms in total. The maximum atomic E-state index is 12.6. The van der Waals surface area contributed by atoms with Crippen LogP contribution in [0.25, 0.3) is 11.0 Å². The lowest BCUT2D eigenvalue weighted by molar-refractivity contribution is 0.0602. The van der Waals surface area contributed by atoms with Crippen LogP contribution < -0.4 is 10.7 Å². The average molecular weight is 351 g/mol. The highest BCUT2D eigenvalue weighted by atomic mass is 16.5. The van der Waals surface area contributed by atoms with E-state index >= 15 is 0 Å². The molecule has 0 aliphatic carbocycles. The first-order valence-electron chi connectivity index (χ1n) is 7.94. The molecule has 2 aromatic carbocycles. The van der Waals surface area contributed by atoms with Crippen molar-refractivity contribution in [1.29, 1.82) is 0 Å². The number of esters is 1. The molecule has 1 amide bonds. The van der Waals surface area contributed by atoms with Crippen molar-refractivity contribution >= 4 is 28.5 Å². The number of amides is 1. The number of ether oxygens (including phenoxy) is 1. The molecule has 0 fully saturated rings. The molecule has 0 spiro atoms. The van der Waals surface area contributed by atoms with E-state index in [1.54, 1.807) is 24.3 Å². The van der Waals surface area contributed by atoms with Crippen LogP contribution in [-0.4, -0.2) is 19.0 Å². The number of carbonyl (C=O) groups excluding carboxylic acids is 2. The van der Waals surface area contributed by atoms with E-state index in [1.165, 1.54) is 13.2 Å². The Bertz CT molecular complexity index is 1080. The molecular weight excluding hydrogens is 334 g/mol. The number of methoxy groups -OCH3 is 1. The minimum Gasteiger partial charge on any atom is -0.465 e. The summed E-state index contributed by atoms with van der Waals surface area (Å²) in [4.78, 5) is 36.7. The van der Waals surface area contributed by atoms with E-state index in [1.807, 2.05) is 19.9 Å². The second-order valence-corrected chi connectivity index (χ2v) is 5.92. The van der Waals surface area contributed by atoms with E-state index in [4.69, 9.17) is 9.15 Å². The molecule has 0 radical (unpaired) electrons. The van der Waals surface area contributed by atoms with Crippen LogP contribution in [0.1, 0.15) is 32.0 Å². The second-order valence-electron chi connectivity index (χ2n) is 5.92. The molecule has 0 unspecified atom stereocenters. The molecule has 0 saturated heterocycles. The third-order valence-electron chi connectivity index (χ3n) is 3.96. The van der Waals surface area contributed by atoms with Gasteiger partial charge in [0.25, 0.3) is 5.91 Å². The van der Waals surface area contributed by atoms with Crippen LogP contribution >= 0.6 is 0 Å². The molecule has 132 valence electrons. The summed E-state index contributed by atoms with van der Waals surface area (Å²) in [6, 6.07) is 11.2. The Morgan fingerprint density at radius 1 is 1.08 bits per heavy atom. The number of hydrogen-bond acceptors (Lipinski definition) is 5. The van der Waals surface area contributed by atoms with Crippen LogP contribution in [0.2, 0.25) is 0 Å². The summed E-state index contributed by atoms with van der Waals surface area (Å²) in [5.74, 6) is -1.33. The highest BCUT2D eigenvalue weighted by molar-refractivity contribution is 6.07. The largest absolute Gasteiger partial charge is 0.465 e. The SMILES string of the molecule is COC(=O)c1ccccc1NC(=O)c1cc(=O)c2cc(C)cc(C)c2o1. The zero-order chi connectivity index (χ0) is 18.8. The molecule has 0 aliphatic rings. The van der Waals surface area contributed by atoms with Gasteiger partial charge in [-0.1, -0.05) is 18.2 Å². The monoisotopic (exact) mass is 351 g/mol. The number of nitrogens with one attached hydrogen (secondary N) is 1. The van der Waals surface area contributed by atoms with E-state index in [2.05, 4.69) is 5.32 Å². The molecule has 0 aliphatic heterocycles. The van der Waals surface area contributed by atoms with Crippen LogP contribution in [0.15, 0.2) is 51.7 Å². The smallest absolute Gasteiger partial charge is 0.339 e. The predicted molar refractivity (Wildman–Crippen MR) is 97.7 cm³/mol. The van der Waals surface area contributed by atoms with Crippen molar-refractivity contribution in [2.75, 3.05) is 12.4 Å². The fourth-order valence-corrected chi connectivity index (χ4v) is 2.78. The Morgan fingerprint density at radius 2 is 1.81 bits per heavy atom. The van der Waals surface area contributed by atoms with E-state index in [9.17, 15) is 14.4 Å². The summed E-state index contributed by atoms with van der Waals surface area (Å²) in [6.07, 6.45) is 0. The lowest BCUT2D eigenvalue weighted by Crippen LogP contribution is -2.17.